The fraction of sp³-hybridized carbons (Fsp3) is 0.308. The number of hydrogen-bond donors (Lipinski definition) is 0. The molecule has 0 bridgehead atoms. The number of ketones is 3. The van der Waals surface area contributed by atoms with E-state index in [1.807, 2.05) is 0 Å². The predicted molar refractivity (Wildman–Crippen MR) is 59.7 cm³/mol. The highest BCUT2D eigenvalue weighted by Gasteiger charge is 2.67. The predicted octanol–water partition coefficient (Wildman–Crippen LogP) is 1.18. The first-order chi connectivity index (χ1) is 8.00. The molecule has 0 aliphatic carbocycles. The van der Waals surface area contributed by atoms with Gasteiger partial charge in [0.2, 0.25) is 5.60 Å². The van der Waals surface area contributed by atoms with E-state index in [2.05, 4.69) is 0 Å². The van der Waals surface area contributed by atoms with Crippen molar-refractivity contribution in [3.8, 4) is 0 Å². The van der Waals surface area contributed by atoms with Crippen LogP contribution >= 0.6 is 0 Å². The molecular formula is C13H12O4. The Balaban J connectivity index is 2.26. The summed E-state index contributed by atoms with van der Waals surface area (Å²) in [6.45, 7) is 2.53. The molecule has 0 amide bonds. The van der Waals surface area contributed by atoms with Crippen molar-refractivity contribution >= 4 is 17.3 Å². The van der Waals surface area contributed by atoms with Crippen LogP contribution in [0, 0.1) is 0 Å². The van der Waals surface area contributed by atoms with E-state index in [4.69, 9.17) is 4.74 Å². The van der Waals surface area contributed by atoms with Gasteiger partial charge in [-0.1, -0.05) is 30.3 Å². The number of Topliss-reactive ketones (excluding diaryl/α,β-unsaturated/α-hetero) is 3. The van der Waals surface area contributed by atoms with E-state index in [-0.39, 0.29) is 5.78 Å². The van der Waals surface area contributed by atoms with Gasteiger partial charge in [-0.2, -0.15) is 0 Å². The SMILES string of the molecule is CC(=O)C1(C(C)=O)OC1C(=O)c1ccccc1. The zero-order chi connectivity index (χ0) is 12.6. The van der Waals surface area contributed by atoms with Crippen LogP contribution in [0.25, 0.3) is 0 Å². The van der Waals surface area contributed by atoms with Crippen molar-refractivity contribution < 1.29 is 19.1 Å². The number of carbonyl (C=O) groups is 3. The Kier molecular flexibility index (Phi) is 2.67. The molecule has 4 nitrogen and oxygen atoms in total. The fourth-order valence-electron chi connectivity index (χ4n) is 1.93. The summed E-state index contributed by atoms with van der Waals surface area (Å²) >= 11 is 0. The monoisotopic (exact) mass is 232 g/mol. The number of hydrogen-bond acceptors (Lipinski definition) is 4. The number of carbonyl (C=O) groups excluding carboxylic acids is 3. The van der Waals surface area contributed by atoms with E-state index in [1.54, 1.807) is 30.3 Å². The highest BCUT2D eigenvalue weighted by Crippen LogP contribution is 2.40. The summed E-state index contributed by atoms with van der Waals surface area (Å²) in [7, 11) is 0. The van der Waals surface area contributed by atoms with Crippen LogP contribution in [0.4, 0.5) is 0 Å². The average molecular weight is 232 g/mol. The summed E-state index contributed by atoms with van der Waals surface area (Å²) in [6.07, 6.45) is -0.958. The van der Waals surface area contributed by atoms with Gasteiger partial charge in [0.1, 0.15) is 0 Å². The molecule has 1 aromatic rings. The van der Waals surface area contributed by atoms with Gasteiger partial charge in [-0.25, -0.2) is 0 Å². The molecule has 1 fully saturated rings. The molecule has 1 aromatic carbocycles. The minimum atomic E-state index is -1.53. The molecule has 1 atom stereocenters. The van der Waals surface area contributed by atoms with Gasteiger partial charge in [0.25, 0.3) is 0 Å². The Hall–Kier alpha value is -1.81. The molecule has 1 aliphatic rings. The van der Waals surface area contributed by atoms with E-state index in [0.717, 1.165) is 0 Å². The molecule has 0 radical (unpaired) electrons. The minimum Gasteiger partial charge on any atom is -0.341 e. The molecule has 1 heterocycles. The van der Waals surface area contributed by atoms with Crippen LogP contribution in [0.2, 0.25) is 0 Å². The van der Waals surface area contributed by atoms with Gasteiger partial charge < -0.3 is 4.74 Å². The van der Waals surface area contributed by atoms with E-state index in [1.165, 1.54) is 13.8 Å². The Bertz CT molecular complexity index is 475. The first-order valence-electron chi connectivity index (χ1n) is 5.29. The molecule has 4 heteroatoms. The van der Waals surface area contributed by atoms with E-state index in [0.29, 0.717) is 5.56 Å². The Morgan fingerprint density at radius 2 is 1.59 bits per heavy atom. The Morgan fingerprint density at radius 1 is 1.06 bits per heavy atom. The van der Waals surface area contributed by atoms with Crippen molar-refractivity contribution in [1.29, 1.82) is 0 Å². The summed E-state index contributed by atoms with van der Waals surface area (Å²) in [5.41, 5.74) is -1.09. The summed E-state index contributed by atoms with van der Waals surface area (Å²) in [4.78, 5) is 34.8. The lowest BCUT2D eigenvalue weighted by Crippen LogP contribution is -2.35. The van der Waals surface area contributed by atoms with Gasteiger partial charge in [-0.05, 0) is 13.8 Å². The topological polar surface area (TPSA) is 63.7 Å². The van der Waals surface area contributed by atoms with Crippen LogP contribution in [-0.4, -0.2) is 29.1 Å². The molecular weight excluding hydrogens is 220 g/mol. The molecule has 0 saturated carbocycles. The normalized spacial score (nSPS) is 20.7. The summed E-state index contributed by atoms with van der Waals surface area (Å²) in [5.74, 6) is -1.16. The summed E-state index contributed by atoms with van der Waals surface area (Å²) in [5, 5.41) is 0. The second-order valence-corrected chi connectivity index (χ2v) is 4.08. The van der Waals surface area contributed by atoms with Crippen molar-refractivity contribution in [3.63, 3.8) is 0 Å². The second kappa shape index (κ2) is 3.89. The van der Waals surface area contributed by atoms with Crippen LogP contribution in [0.1, 0.15) is 24.2 Å². The van der Waals surface area contributed by atoms with Gasteiger partial charge in [-0.15, -0.1) is 0 Å². The number of epoxide rings is 1. The number of rotatable bonds is 4. The van der Waals surface area contributed by atoms with E-state index < -0.39 is 23.3 Å². The highest BCUT2D eigenvalue weighted by molar-refractivity contribution is 6.19. The van der Waals surface area contributed by atoms with Gasteiger partial charge in [0, 0.05) is 5.56 Å². The zero-order valence-electron chi connectivity index (χ0n) is 9.60. The van der Waals surface area contributed by atoms with E-state index in [9.17, 15) is 14.4 Å². The molecule has 1 saturated heterocycles. The van der Waals surface area contributed by atoms with Gasteiger partial charge in [-0.3, -0.25) is 14.4 Å². The minimum absolute atomic E-state index is 0.323. The largest absolute Gasteiger partial charge is 0.341 e. The van der Waals surface area contributed by atoms with Crippen molar-refractivity contribution in [2.45, 2.75) is 25.6 Å². The third kappa shape index (κ3) is 1.70. The maximum absolute atomic E-state index is 12.0. The lowest BCUT2D eigenvalue weighted by Gasteiger charge is -2.03. The van der Waals surface area contributed by atoms with Crippen LogP contribution in [0.15, 0.2) is 30.3 Å². The van der Waals surface area contributed by atoms with Crippen molar-refractivity contribution in [2.24, 2.45) is 0 Å². The lowest BCUT2D eigenvalue weighted by atomic mass is 9.92. The first kappa shape index (κ1) is 11.7. The van der Waals surface area contributed by atoms with Crippen LogP contribution in [-0.2, 0) is 14.3 Å². The molecule has 1 unspecified atom stereocenters. The van der Waals surface area contributed by atoms with E-state index >= 15 is 0 Å². The summed E-state index contributed by atoms with van der Waals surface area (Å²) < 4.78 is 5.10. The maximum Gasteiger partial charge on any atom is 0.218 e. The third-order valence-electron chi connectivity index (χ3n) is 2.96. The van der Waals surface area contributed by atoms with Gasteiger partial charge in [0.15, 0.2) is 23.5 Å². The molecule has 1 aliphatic heterocycles. The molecule has 0 spiro atoms. The number of ether oxygens (including phenoxy) is 1. The molecule has 0 N–H and O–H groups in total. The molecule has 2 rings (SSSR count). The first-order valence-corrected chi connectivity index (χ1v) is 5.29. The molecule has 17 heavy (non-hydrogen) atoms. The fourth-order valence-corrected chi connectivity index (χ4v) is 1.93. The van der Waals surface area contributed by atoms with Crippen molar-refractivity contribution in [1.82, 2.24) is 0 Å². The highest BCUT2D eigenvalue weighted by atomic mass is 16.6. The van der Waals surface area contributed by atoms with Crippen LogP contribution < -0.4 is 0 Å². The van der Waals surface area contributed by atoms with Crippen molar-refractivity contribution in [2.75, 3.05) is 0 Å². The van der Waals surface area contributed by atoms with Gasteiger partial charge in [0.05, 0.1) is 0 Å². The molecule has 0 aromatic heterocycles. The van der Waals surface area contributed by atoms with Crippen LogP contribution in [0.3, 0.4) is 0 Å². The Morgan fingerprint density at radius 3 is 2.00 bits per heavy atom. The summed E-state index contributed by atoms with van der Waals surface area (Å²) in [6, 6.07) is 8.50. The second-order valence-electron chi connectivity index (χ2n) is 4.08. The maximum atomic E-state index is 12.0. The van der Waals surface area contributed by atoms with Gasteiger partial charge >= 0.3 is 0 Å². The van der Waals surface area contributed by atoms with Crippen LogP contribution in [0.5, 0.6) is 0 Å². The third-order valence-corrected chi connectivity index (χ3v) is 2.96. The molecule has 88 valence electrons. The quantitative estimate of drug-likeness (QED) is 0.444. The zero-order valence-corrected chi connectivity index (χ0v) is 9.60. The Labute approximate surface area is 98.6 Å². The standard InChI is InChI=1S/C13H12O4/c1-8(14)13(9(2)15)12(17-13)11(16)10-6-4-3-5-7-10/h3-7,12H,1-2H3. The van der Waals surface area contributed by atoms with Crippen molar-refractivity contribution in [3.05, 3.63) is 35.9 Å². The lowest BCUT2D eigenvalue weighted by molar-refractivity contribution is -0.132. The number of benzene rings is 1. The smallest absolute Gasteiger partial charge is 0.218 e. The average Bonchev–Trinajstić information content (AvgIpc) is 3.06.